The molecule has 8 heteroatoms. The second kappa shape index (κ2) is 8.62. The molecule has 1 saturated heterocycles. The van der Waals surface area contributed by atoms with Crippen molar-refractivity contribution in [1.29, 1.82) is 0 Å². The van der Waals surface area contributed by atoms with Gasteiger partial charge in [-0.1, -0.05) is 41.2 Å². The number of amides is 3. The van der Waals surface area contributed by atoms with Gasteiger partial charge < -0.3 is 15.5 Å². The van der Waals surface area contributed by atoms with Crippen LogP contribution in [-0.2, 0) is 0 Å². The Bertz CT molecular complexity index is 1060. The summed E-state index contributed by atoms with van der Waals surface area (Å²) in [7, 11) is 0. The number of hydrogen-bond acceptors (Lipinski definition) is 5. The fraction of sp³-hybridized carbons (Fsp3) is 0.273. The number of rotatable bonds is 4. The predicted octanol–water partition coefficient (Wildman–Crippen LogP) is 4.78. The summed E-state index contributed by atoms with van der Waals surface area (Å²) in [6, 6.07) is 14.9. The Kier molecular flexibility index (Phi) is 5.76. The number of likely N-dealkylation sites (tertiary alicyclic amines) is 1. The van der Waals surface area contributed by atoms with Gasteiger partial charge in [0.05, 0.1) is 6.04 Å². The molecule has 0 spiro atoms. The molecule has 4 rings (SSSR count). The smallest absolute Gasteiger partial charge is 0.320 e. The maximum Gasteiger partial charge on any atom is 0.322 e. The molecule has 0 radical (unpaired) electrons. The first-order valence-electron chi connectivity index (χ1n) is 9.85. The Labute approximate surface area is 179 Å². The molecule has 1 fully saturated rings. The van der Waals surface area contributed by atoms with Crippen LogP contribution in [0.3, 0.4) is 0 Å². The van der Waals surface area contributed by atoms with Crippen molar-refractivity contribution >= 4 is 34.6 Å². The Morgan fingerprint density at radius 1 is 1.00 bits per heavy atom. The lowest BCUT2D eigenvalue weighted by atomic mass is 10.2. The number of urea groups is 1. The minimum Gasteiger partial charge on any atom is -0.320 e. The van der Waals surface area contributed by atoms with Crippen LogP contribution in [0.1, 0.15) is 44.8 Å². The quantitative estimate of drug-likeness (QED) is 0.635. The van der Waals surface area contributed by atoms with Gasteiger partial charge in [0.2, 0.25) is 5.01 Å². The fourth-order valence-corrected chi connectivity index (χ4v) is 4.35. The molecule has 3 amide bonds. The third-order valence-electron chi connectivity index (χ3n) is 5.01. The number of nitrogens with one attached hydrogen (secondary N) is 2. The highest BCUT2D eigenvalue weighted by Gasteiger charge is 2.33. The molecule has 3 aromatic rings. The Hall–Kier alpha value is -3.26. The van der Waals surface area contributed by atoms with E-state index in [1.807, 2.05) is 62.4 Å². The monoisotopic (exact) mass is 421 g/mol. The first-order valence-corrected chi connectivity index (χ1v) is 10.7. The molecule has 0 aliphatic carbocycles. The van der Waals surface area contributed by atoms with Crippen LogP contribution < -0.4 is 10.6 Å². The number of anilines is 2. The number of aryl methyl sites for hydroxylation is 2. The van der Waals surface area contributed by atoms with E-state index in [0.29, 0.717) is 17.2 Å². The van der Waals surface area contributed by atoms with Crippen molar-refractivity contribution in [3.8, 4) is 0 Å². The zero-order valence-electron chi connectivity index (χ0n) is 16.9. The fourth-order valence-electron chi connectivity index (χ4n) is 3.47. The van der Waals surface area contributed by atoms with Crippen LogP contribution in [0.15, 0.2) is 48.5 Å². The van der Waals surface area contributed by atoms with Gasteiger partial charge in [-0.2, -0.15) is 0 Å². The third kappa shape index (κ3) is 4.49. The Balaban J connectivity index is 1.44. The van der Waals surface area contributed by atoms with Gasteiger partial charge in [-0.15, -0.1) is 10.2 Å². The predicted molar refractivity (Wildman–Crippen MR) is 118 cm³/mol. The lowest BCUT2D eigenvalue weighted by molar-refractivity contribution is 0.102. The van der Waals surface area contributed by atoms with Gasteiger partial charge in [-0.25, -0.2) is 4.79 Å². The second-order valence-electron chi connectivity index (χ2n) is 7.42. The summed E-state index contributed by atoms with van der Waals surface area (Å²) in [6.45, 7) is 4.62. The molecule has 2 aromatic carbocycles. The van der Waals surface area contributed by atoms with Crippen molar-refractivity contribution in [3.05, 3.63) is 69.7 Å². The minimum atomic E-state index is -0.295. The van der Waals surface area contributed by atoms with Gasteiger partial charge in [0.15, 0.2) is 0 Å². The van der Waals surface area contributed by atoms with E-state index in [2.05, 4.69) is 20.8 Å². The number of carbonyl (C=O) groups excluding carboxylic acids is 2. The summed E-state index contributed by atoms with van der Waals surface area (Å²) in [6.07, 6.45) is 1.69. The van der Waals surface area contributed by atoms with Crippen LogP contribution >= 0.6 is 11.3 Å². The van der Waals surface area contributed by atoms with Gasteiger partial charge in [-0.05, 0) is 56.5 Å². The molecule has 0 saturated carbocycles. The van der Waals surface area contributed by atoms with Crippen molar-refractivity contribution < 1.29 is 9.59 Å². The first kappa shape index (κ1) is 20.0. The molecular weight excluding hydrogens is 398 g/mol. The van der Waals surface area contributed by atoms with Gasteiger partial charge in [0.25, 0.3) is 5.91 Å². The zero-order valence-corrected chi connectivity index (χ0v) is 17.7. The van der Waals surface area contributed by atoms with Gasteiger partial charge >= 0.3 is 6.03 Å². The summed E-state index contributed by atoms with van der Waals surface area (Å²) in [5, 5.41) is 15.0. The van der Waals surface area contributed by atoms with Crippen LogP contribution in [0.25, 0.3) is 0 Å². The maximum atomic E-state index is 12.8. The molecule has 154 valence electrons. The highest BCUT2D eigenvalue weighted by Crippen LogP contribution is 2.34. The normalized spacial score (nSPS) is 15.8. The average molecular weight is 422 g/mol. The van der Waals surface area contributed by atoms with Crippen LogP contribution in [0.5, 0.6) is 0 Å². The van der Waals surface area contributed by atoms with Crippen LogP contribution in [0, 0.1) is 13.8 Å². The number of carbonyl (C=O) groups is 2. The average Bonchev–Trinajstić information content (AvgIpc) is 3.39. The van der Waals surface area contributed by atoms with Crippen molar-refractivity contribution in [3.63, 3.8) is 0 Å². The summed E-state index contributed by atoms with van der Waals surface area (Å²) in [5.74, 6) is -0.295. The topological polar surface area (TPSA) is 87.2 Å². The van der Waals surface area contributed by atoms with E-state index in [9.17, 15) is 9.59 Å². The van der Waals surface area contributed by atoms with Crippen molar-refractivity contribution in [2.45, 2.75) is 32.7 Å². The van der Waals surface area contributed by atoms with E-state index in [1.165, 1.54) is 11.3 Å². The van der Waals surface area contributed by atoms with Crippen molar-refractivity contribution in [1.82, 2.24) is 15.1 Å². The first-order chi connectivity index (χ1) is 14.5. The van der Waals surface area contributed by atoms with Crippen LogP contribution in [0.2, 0.25) is 0 Å². The Morgan fingerprint density at radius 2 is 1.80 bits per heavy atom. The highest BCUT2D eigenvalue weighted by molar-refractivity contribution is 7.13. The van der Waals surface area contributed by atoms with Gasteiger partial charge in [0.1, 0.15) is 5.01 Å². The molecule has 7 nitrogen and oxygen atoms in total. The summed E-state index contributed by atoms with van der Waals surface area (Å²) < 4.78 is 0. The zero-order chi connectivity index (χ0) is 21.1. The molecule has 2 heterocycles. The summed E-state index contributed by atoms with van der Waals surface area (Å²) in [5.41, 5.74) is 3.68. The molecular formula is C22H23N5O2S. The van der Waals surface area contributed by atoms with Crippen molar-refractivity contribution in [2.24, 2.45) is 0 Å². The lowest BCUT2D eigenvalue weighted by Crippen LogP contribution is -2.34. The number of hydrogen-bond donors (Lipinski definition) is 2. The molecule has 0 bridgehead atoms. The number of benzene rings is 2. The summed E-state index contributed by atoms with van der Waals surface area (Å²) >= 11 is 1.23. The molecule has 1 aromatic heterocycles. The van der Waals surface area contributed by atoms with Crippen LogP contribution in [-0.4, -0.2) is 33.6 Å². The maximum absolute atomic E-state index is 12.8. The molecule has 0 unspecified atom stereocenters. The lowest BCUT2D eigenvalue weighted by Gasteiger charge is -2.23. The summed E-state index contributed by atoms with van der Waals surface area (Å²) in [4.78, 5) is 27.1. The van der Waals surface area contributed by atoms with Gasteiger partial charge in [0, 0.05) is 17.9 Å². The highest BCUT2D eigenvalue weighted by atomic mass is 32.1. The largest absolute Gasteiger partial charge is 0.322 e. The van der Waals surface area contributed by atoms with Gasteiger partial charge in [-0.3, -0.25) is 4.79 Å². The van der Waals surface area contributed by atoms with E-state index in [-0.39, 0.29) is 23.0 Å². The van der Waals surface area contributed by atoms with E-state index >= 15 is 0 Å². The van der Waals surface area contributed by atoms with E-state index in [0.717, 1.165) is 29.7 Å². The molecule has 2 N–H and O–H groups in total. The molecule has 1 atom stereocenters. The van der Waals surface area contributed by atoms with Crippen molar-refractivity contribution in [2.75, 3.05) is 17.2 Å². The second-order valence-corrected chi connectivity index (χ2v) is 8.43. The van der Waals surface area contributed by atoms with E-state index in [1.54, 1.807) is 4.90 Å². The molecule has 1 aliphatic rings. The minimum absolute atomic E-state index is 0.163. The SMILES string of the molecule is Cc1ccc(NC(=O)c2nnc([C@H]3CCCN3C(=O)Nc3cccc(C)c3)s2)cc1. The van der Waals surface area contributed by atoms with E-state index in [4.69, 9.17) is 0 Å². The molecule has 1 aliphatic heterocycles. The number of aromatic nitrogens is 2. The Morgan fingerprint density at radius 3 is 2.57 bits per heavy atom. The van der Waals surface area contributed by atoms with Crippen LogP contribution in [0.4, 0.5) is 16.2 Å². The number of nitrogens with zero attached hydrogens (tertiary/aromatic N) is 3. The molecule has 30 heavy (non-hydrogen) atoms. The third-order valence-corrected chi connectivity index (χ3v) is 6.04. The standard InChI is InChI=1S/C22H23N5O2S/c1-14-8-10-16(11-9-14)23-19(28)21-26-25-20(30-21)18-7-4-12-27(18)22(29)24-17-6-3-5-15(2)13-17/h3,5-6,8-11,13,18H,4,7,12H2,1-2H3,(H,23,28)(H,24,29)/t18-/m1/s1. The van der Waals surface area contributed by atoms with E-state index < -0.39 is 0 Å².